The Kier molecular flexibility index (Phi) is 2.53. The minimum Gasteiger partial charge on any atom is -0.399 e. The first kappa shape index (κ1) is 12.6. The van der Waals surface area contributed by atoms with Crippen LogP contribution in [0.3, 0.4) is 0 Å². The summed E-state index contributed by atoms with van der Waals surface area (Å²) in [5, 5.41) is 7.02. The number of hydrogen-bond acceptors (Lipinski definition) is 4. The molecule has 19 heavy (non-hydrogen) atoms. The molecular weight excluding hydrogens is 241 g/mol. The fourth-order valence-corrected chi connectivity index (χ4v) is 2.25. The van der Waals surface area contributed by atoms with Crippen LogP contribution in [0.25, 0.3) is 11.0 Å². The van der Waals surface area contributed by atoms with Gasteiger partial charge >= 0.3 is 7.12 Å². The van der Waals surface area contributed by atoms with Gasteiger partial charge in [-0.2, -0.15) is 5.10 Å². The van der Waals surface area contributed by atoms with Gasteiger partial charge in [-0.3, -0.25) is 5.10 Å². The van der Waals surface area contributed by atoms with Crippen LogP contribution < -0.4 is 5.46 Å². The number of aryl methyl sites for hydroxylation is 1. The Morgan fingerprint density at radius 2 is 1.79 bits per heavy atom. The van der Waals surface area contributed by atoms with E-state index in [4.69, 9.17) is 9.31 Å². The normalized spacial score (nSPS) is 21.2. The molecule has 2 aromatic rings. The first-order valence-electron chi connectivity index (χ1n) is 6.46. The summed E-state index contributed by atoms with van der Waals surface area (Å²) in [6, 6.07) is 1.99. The van der Waals surface area contributed by atoms with Crippen molar-refractivity contribution in [2.45, 2.75) is 45.8 Å². The van der Waals surface area contributed by atoms with Crippen molar-refractivity contribution in [2.75, 3.05) is 0 Å². The molecule has 6 heteroatoms. The van der Waals surface area contributed by atoms with Crippen LogP contribution >= 0.6 is 0 Å². The lowest BCUT2D eigenvalue weighted by Gasteiger charge is -2.32. The van der Waals surface area contributed by atoms with Gasteiger partial charge < -0.3 is 9.31 Å². The zero-order chi connectivity index (χ0) is 13.8. The van der Waals surface area contributed by atoms with E-state index >= 15 is 0 Å². The van der Waals surface area contributed by atoms with Gasteiger partial charge in [0.15, 0.2) is 0 Å². The standard InChI is InChI=1S/C13H18BN3O2/c1-8-6-9(11-10(16-8)7-15-17-11)14-18-12(2,3)13(4,5)19-14/h6-7H,1-5H3,(H,15,17). The number of aromatic amines is 1. The fraction of sp³-hybridized carbons (Fsp3) is 0.538. The average molecular weight is 259 g/mol. The third kappa shape index (κ3) is 1.86. The van der Waals surface area contributed by atoms with Gasteiger partial charge in [0.1, 0.15) is 5.52 Å². The number of fused-ring (bicyclic) bond motifs is 1. The van der Waals surface area contributed by atoms with E-state index in [9.17, 15) is 0 Å². The first-order valence-corrected chi connectivity index (χ1v) is 6.46. The molecule has 1 saturated heterocycles. The Labute approximate surface area is 112 Å². The Hall–Kier alpha value is -1.40. The van der Waals surface area contributed by atoms with Crippen molar-refractivity contribution in [3.63, 3.8) is 0 Å². The Bertz CT molecular complexity index is 620. The summed E-state index contributed by atoms with van der Waals surface area (Å²) >= 11 is 0. The summed E-state index contributed by atoms with van der Waals surface area (Å²) in [6.07, 6.45) is 1.72. The van der Waals surface area contributed by atoms with Gasteiger partial charge in [0.05, 0.1) is 22.9 Å². The van der Waals surface area contributed by atoms with Crippen molar-refractivity contribution < 1.29 is 9.31 Å². The minimum absolute atomic E-state index is 0.346. The van der Waals surface area contributed by atoms with E-state index in [0.29, 0.717) is 0 Å². The zero-order valence-electron chi connectivity index (χ0n) is 11.9. The quantitative estimate of drug-likeness (QED) is 0.789. The molecule has 0 aliphatic carbocycles. The number of rotatable bonds is 1. The van der Waals surface area contributed by atoms with Gasteiger partial charge in [-0.1, -0.05) is 0 Å². The summed E-state index contributed by atoms with van der Waals surface area (Å²) in [5.74, 6) is 0. The number of nitrogens with one attached hydrogen (secondary N) is 1. The molecule has 2 aromatic heterocycles. The SMILES string of the molecule is Cc1cc(B2OC(C)(C)C(C)(C)O2)c2[nH]ncc2n1. The van der Waals surface area contributed by atoms with Gasteiger partial charge in [-0.25, -0.2) is 4.98 Å². The molecule has 1 fully saturated rings. The summed E-state index contributed by atoms with van der Waals surface area (Å²) in [5.41, 5.74) is 2.91. The van der Waals surface area contributed by atoms with Crippen LogP contribution in [0.2, 0.25) is 0 Å². The predicted molar refractivity (Wildman–Crippen MR) is 74.3 cm³/mol. The highest BCUT2D eigenvalue weighted by Crippen LogP contribution is 2.36. The van der Waals surface area contributed by atoms with Gasteiger partial charge in [0.2, 0.25) is 0 Å². The molecule has 0 atom stereocenters. The maximum atomic E-state index is 6.08. The van der Waals surface area contributed by atoms with Crippen LogP contribution in [0.15, 0.2) is 12.3 Å². The maximum Gasteiger partial charge on any atom is 0.497 e. The highest BCUT2D eigenvalue weighted by Gasteiger charge is 2.52. The summed E-state index contributed by atoms with van der Waals surface area (Å²) in [4.78, 5) is 4.44. The lowest BCUT2D eigenvalue weighted by molar-refractivity contribution is 0.00578. The van der Waals surface area contributed by atoms with Crippen LogP contribution in [-0.2, 0) is 9.31 Å². The highest BCUT2D eigenvalue weighted by molar-refractivity contribution is 6.64. The fourth-order valence-electron chi connectivity index (χ4n) is 2.25. The Morgan fingerprint density at radius 3 is 2.42 bits per heavy atom. The second kappa shape index (κ2) is 3.80. The van der Waals surface area contributed by atoms with E-state index < -0.39 is 7.12 Å². The third-order valence-electron chi connectivity index (χ3n) is 4.08. The minimum atomic E-state index is -0.394. The number of pyridine rings is 1. The lowest BCUT2D eigenvalue weighted by atomic mass is 9.78. The second-order valence-electron chi connectivity index (χ2n) is 6.07. The molecule has 3 rings (SSSR count). The highest BCUT2D eigenvalue weighted by atomic mass is 16.7. The lowest BCUT2D eigenvalue weighted by Crippen LogP contribution is -2.41. The molecule has 5 nitrogen and oxygen atoms in total. The van der Waals surface area contributed by atoms with E-state index in [1.54, 1.807) is 6.20 Å². The largest absolute Gasteiger partial charge is 0.497 e. The molecule has 0 saturated carbocycles. The molecule has 0 unspecified atom stereocenters. The van der Waals surface area contributed by atoms with Crippen LogP contribution in [0.1, 0.15) is 33.4 Å². The van der Waals surface area contributed by atoms with Gasteiger partial charge in [0.25, 0.3) is 0 Å². The molecule has 100 valence electrons. The van der Waals surface area contributed by atoms with Crippen molar-refractivity contribution in [2.24, 2.45) is 0 Å². The molecule has 1 aliphatic heterocycles. The third-order valence-corrected chi connectivity index (χ3v) is 4.08. The van der Waals surface area contributed by atoms with Crippen molar-refractivity contribution in [1.82, 2.24) is 15.2 Å². The zero-order valence-corrected chi connectivity index (χ0v) is 11.9. The van der Waals surface area contributed by atoms with Crippen LogP contribution in [0.4, 0.5) is 0 Å². The van der Waals surface area contributed by atoms with Gasteiger partial charge in [-0.15, -0.1) is 0 Å². The van der Waals surface area contributed by atoms with Crippen LogP contribution in [0.5, 0.6) is 0 Å². The second-order valence-corrected chi connectivity index (χ2v) is 6.07. The van der Waals surface area contributed by atoms with Crippen molar-refractivity contribution >= 4 is 23.6 Å². The summed E-state index contributed by atoms with van der Waals surface area (Å²) in [6.45, 7) is 10.1. The van der Waals surface area contributed by atoms with E-state index in [1.165, 1.54) is 0 Å². The first-order chi connectivity index (χ1) is 8.80. The molecule has 0 bridgehead atoms. The molecule has 1 aliphatic rings. The van der Waals surface area contributed by atoms with Crippen molar-refractivity contribution in [1.29, 1.82) is 0 Å². The summed E-state index contributed by atoms with van der Waals surface area (Å²) in [7, 11) is -0.394. The van der Waals surface area contributed by atoms with E-state index in [0.717, 1.165) is 22.2 Å². The Morgan fingerprint density at radius 1 is 1.16 bits per heavy atom. The van der Waals surface area contributed by atoms with Crippen LogP contribution in [-0.4, -0.2) is 33.5 Å². The van der Waals surface area contributed by atoms with Crippen LogP contribution in [0, 0.1) is 6.92 Å². The molecule has 0 radical (unpaired) electrons. The number of nitrogens with zero attached hydrogens (tertiary/aromatic N) is 2. The molecule has 0 aromatic carbocycles. The molecule has 3 heterocycles. The summed E-state index contributed by atoms with van der Waals surface area (Å²) < 4.78 is 12.2. The molecule has 0 amide bonds. The Balaban J connectivity index is 2.09. The number of hydrogen-bond donors (Lipinski definition) is 1. The van der Waals surface area contributed by atoms with E-state index in [2.05, 4.69) is 15.2 Å². The number of H-pyrrole nitrogens is 1. The van der Waals surface area contributed by atoms with Crippen molar-refractivity contribution in [3.8, 4) is 0 Å². The topological polar surface area (TPSA) is 60.0 Å². The smallest absolute Gasteiger partial charge is 0.399 e. The van der Waals surface area contributed by atoms with Crippen molar-refractivity contribution in [3.05, 3.63) is 18.0 Å². The molecular formula is C13H18BN3O2. The van der Waals surface area contributed by atoms with E-state index in [-0.39, 0.29) is 11.2 Å². The number of aromatic nitrogens is 3. The van der Waals surface area contributed by atoms with E-state index in [1.807, 2.05) is 40.7 Å². The average Bonchev–Trinajstić information content (AvgIpc) is 2.80. The maximum absolute atomic E-state index is 6.08. The predicted octanol–water partition coefficient (Wildman–Crippen LogP) is 1.57. The monoisotopic (exact) mass is 259 g/mol. The van der Waals surface area contributed by atoms with Gasteiger partial charge in [-0.05, 0) is 40.7 Å². The molecule has 0 spiro atoms. The van der Waals surface area contributed by atoms with Gasteiger partial charge in [0, 0.05) is 11.2 Å². The molecule has 1 N–H and O–H groups in total.